The van der Waals surface area contributed by atoms with Crippen LogP contribution in [0.2, 0.25) is 5.02 Å². The predicted octanol–water partition coefficient (Wildman–Crippen LogP) is 2.48. The van der Waals surface area contributed by atoms with E-state index in [1.807, 2.05) is 6.07 Å². The summed E-state index contributed by atoms with van der Waals surface area (Å²) in [6.07, 6.45) is 5.87. The summed E-state index contributed by atoms with van der Waals surface area (Å²) in [5.41, 5.74) is 0.649. The van der Waals surface area contributed by atoms with Gasteiger partial charge in [0.05, 0.1) is 17.8 Å². The number of amides is 1. The number of halogens is 1. The van der Waals surface area contributed by atoms with Crippen molar-refractivity contribution in [1.29, 1.82) is 0 Å². The normalized spacial score (nSPS) is 11.0. The van der Waals surface area contributed by atoms with Gasteiger partial charge in [0.1, 0.15) is 5.56 Å². The molecule has 1 N–H and O–H groups in total. The molecule has 7 heteroatoms. The quantitative estimate of drug-likeness (QED) is 0.834. The number of aromatic nitrogens is 3. The summed E-state index contributed by atoms with van der Waals surface area (Å²) in [5.74, 6) is 0.144. The highest BCUT2D eigenvalue weighted by Gasteiger charge is 2.15. The van der Waals surface area contributed by atoms with E-state index in [9.17, 15) is 9.59 Å². The van der Waals surface area contributed by atoms with Crippen LogP contribution in [0.3, 0.4) is 0 Å². The Balaban J connectivity index is 2.04. The molecule has 130 valence electrons. The third-order valence-corrected chi connectivity index (χ3v) is 3.97. The minimum atomic E-state index is -0.352. The highest BCUT2D eigenvalue weighted by molar-refractivity contribution is 6.30. The van der Waals surface area contributed by atoms with Crippen LogP contribution in [-0.2, 0) is 13.1 Å². The number of carbonyl (C=O) groups is 1. The van der Waals surface area contributed by atoms with Crippen molar-refractivity contribution < 1.29 is 4.79 Å². The molecule has 2 aromatic heterocycles. The number of nitrogens with zero attached hydrogens (tertiary/aromatic N) is 3. The first-order valence-corrected chi connectivity index (χ1v) is 8.42. The Morgan fingerprint density at radius 1 is 1.38 bits per heavy atom. The minimum Gasteiger partial charge on any atom is -0.350 e. The van der Waals surface area contributed by atoms with E-state index >= 15 is 0 Å². The van der Waals surface area contributed by atoms with Crippen LogP contribution < -0.4 is 10.9 Å². The van der Waals surface area contributed by atoms with Crippen molar-refractivity contribution in [3.8, 4) is 0 Å². The fourth-order valence-corrected chi connectivity index (χ4v) is 2.50. The molecular weight excluding hydrogens is 328 g/mol. The van der Waals surface area contributed by atoms with Crippen molar-refractivity contribution >= 4 is 17.5 Å². The molecule has 0 aliphatic rings. The van der Waals surface area contributed by atoms with Crippen molar-refractivity contribution in [1.82, 2.24) is 19.7 Å². The van der Waals surface area contributed by atoms with Crippen molar-refractivity contribution in [2.24, 2.45) is 5.92 Å². The van der Waals surface area contributed by atoms with E-state index in [0.717, 1.165) is 6.42 Å². The largest absolute Gasteiger partial charge is 0.350 e. The molecule has 0 saturated heterocycles. The molecule has 1 amide bonds. The second-order valence-electron chi connectivity index (χ2n) is 6.23. The molecule has 0 radical (unpaired) electrons. The molecule has 0 atom stereocenters. The first-order chi connectivity index (χ1) is 11.4. The van der Waals surface area contributed by atoms with Gasteiger partial charge in [0.25, 0.3) is 11.5 Å². The molecule has 2 rings (SSSR count). The number of hydrogen-bond acceptors (Lipinski definition) is 3. The zero-order chi connectivity index (χ0) is 17.7. The number of pyridine rings is 1. The monoisotopic (exact) mass is 350 g/mol. The standard InChI is InChI=1S/C17H23ClN4O2/c1-12(2)4-7-21-8-5-13(3)15(17(21)24)16(23)19-6-9-22-11-14(18)10-20-22/h5,8,10-12H,4,6-7,9H2,1-3H3,(H,19,23). The molecule has 0 unspecified atom stereocenters. The molecule has 0 aliphatic heterocycles. The fourth-order valence-electron chi connectivity index (χ4n) is 2.35. The summed E-state index contributed by atoms with van der Waals surface area (Å²) in [5, 5.41) is 7.37. The smallest absolute Gasteiger partial charge is 0.263 e. The summed E-state index contributed by atoms with van der Waals surface area (Å²) >= 11 is 5.79. The summed E-state index contributed by atoms with van der Waals surface area (Å²) in [6, 6.07) is 1.81. The van der Waals surface area contributed by atoms with E-state index < -0.39 is 0 Å². The van der Waals surface area contributed by atoms with Crippen LogP contribution in [0.15, 0.2) is 29.5 Å². The van der Waals surface area contributed by atoms with E-state index in [4.69, 9.17) is 11.6 Å². The number of carbonyl (C=O) groups excluding carboxylic acids is 1. The lowest BCUT2D eigenvalue weighted by Gasteiger charge is -2.12. The number of hydrogen-bond donors (Lipinski definition) is 1. The van der Waals surface area contributed by atoms with Crippen LogP contribution in [-0.4, -0.2) is 26.8 Å². The summed E-state index contributed by atoms with van der Waals surface area (Å²) in [4.78, 5) is 24.9. The lowest BCUT2D eigenvalue weighted by Crippen LogP contribution is -2.35. The molecule has 0 aliphatic carbocycles. The van der Waals surface area contributed by atoms with Gasteiger partial charge in [-0.25, -0.2) is 0 Å². The van der Waals surface area contributed by atoms with Crippen molar-refractivity contribution in [2.75, 3.05) is 6.54 Å². The Morgan fingerprint density at radius 2 is 2.12 bits per heavy atom. The van der Waals surface area contributed by atoms with Crippen LogP contribution >= 0.6 is 11.6 Å². The Labute approximate surface area is 146 Å². The van der Waals surface area contributed by atoms with Gasteiger partial charge in [0.2, 0.25) is 0 Å². The Morgan fingerprint density at radius 3 is 2.75 bits per heavy atom. The molecule has 0 spiro atoms. The van der Waals surface area contributed by atoms with Gasteiger partial charge in [0.15, 0.2) is 0 Å². The zero-order valence-corrected chi connectivity index (χ0v) is 15.0. The molecular formula is C17H23ClN4O2. The molecule has 0 aromatic carbocycles. The fraction of sp³-hybridized carbons (Fsp3) is 0.471. The highest BCUT2D eigenvalue weighted by Crippen LogP contribution is 2.06. The van der Waals surface area contributed by atoms with E-state index in [1.165, 1.54) is 6.20 Å². The van der Waals surface area contributed by atoms with E-state index in [1.54, 1.807) is 28.6 Å². The predicted molar refractivity (Wildman–Crippen MR) is 94.5 cm³/mol. The van der Waals surface area contributed by atoms with Crippen LogP contribution in [0.5, 0.6) is 0 Å². The SMILES string of the molecule is Cc1ccn(CCC(C)C)c(=O)c1C(=O)NCCn1cc(Cl)cn1. The number of nitrogens with one attached hydrogen (secondary N) is 1. The third-order valence-electron chi connectivity index (χ3n) is 3.78. The maximum absolute atomic E-state index is 12.5. The molecule has 0 fully saturated rings. The molecule has 24 heavy (non-hydrogen) atoms. The summed E-state index contributed by atoms with van der Waals surface area (Å²) in [7, 11) is 0. The van der Waals surface area contributed by atoms with E-state index in [0.29, 0.717) is 36.1 Å². The molecule has 2 aromatic rings. The van der Waals surface area contributed by atoms with Crippen LogP contribution in [0.1, 0.15) is 36.2 Å². The van der Waals surface area contributed by atoms with Gasteiger partial charge in [-0.15, -0.1) is 0 Å². The Hall–Kier alpha value is -2.08. The molecule has 0 bridgehead atoms. The second kappa shape index (κ2) is 8.15. The average Bonchev–Trinajstić information content (AvgIpc) is 2.92. The lowest BCUT2D eigenvalue weighted by atomic mass is 10.1. The third kappa shape index (κ3) is 4.71. The van der Waals surface area contributed by atoms with Gasteiger partial charge in [-0.3, -0.25) is 14.3 Å². The van der Waals surface area contributed by atoms with Crippen molar-refractivity contribution in [3.05, 3.63) is 51.2 Å². The number of aryl methyl sites for hydroxylation is 2. The van der Waals surface area contributed by atoms with Gasteiger partial charge in [0, 0.05) is 25.5 Å². The van der Waals surface area contributed by atoms with Crippen LogP contribution in [0.4, 0.5) is 0 Å². The van der Waals surface area contributed by atoms with E-state index in [2.05, 4.69) is 24.3 Å². The maximum atomic E-state index is 12.5. The maximum Gasteiger partial charge on any atom is 0.263 e. The number of rotatable bonds is 7. The first-order valence-electron chi connectivity index (χ1n) is 8.04. The molecule has 6 nitrogen and oxygen atoms in total. The van der Waals surface area contributed by atoms with Crippen LogP contribution in [0.25, 0.3) is 0 Å². The van der Waals surface area contributed by atoms with Crippen molar-refractivity contribution in [3.63, 3.8) is 0 Å². The Bertz CT molecular complexity index is 764. The van der Waals surface area contributed by atoms with Gasteiger partial charge in [-0.1, -0.05) is 25.4 Å². The van der Waals surface area contributed by atoms with Gasteiger partial charge >= 0.3 is 0 Å². The average molecular weight is 351 g/mol. The van der Waals surface area contributed by atoms with Crippen LogP contribution in [0, 0.1) is 12.8 Å². The summed E-state index contributed by atoms with van der Waals surface area (Å²) in [6.45, 7) is 7.46. The van der Waals surface area contributed by atoms with Gasteiger partial charge < -0.3 is 9.88 Å². The molecule has 2 heterocycles. The highest BCUT2D eigenvalue weighted by atomic mass is 35.5. The van der Waals surface area contributed by atoms with E-state index in [-0.39, 0.29) is 17.0 Å². The first kappa shape index (κ1) is 18.3. The Kier molecular flexibility index (Phi) is 6.20. The van der Waals surface area contributed by atoms with Gasteiger partial charge in [-0.2, -0.15) is 5.10 Å². The topological polar surface area (TPSA) is 68.9 Å². The minimum absolute atomic E-state index is 0.208. The van der Waals surface area contributed by atoms with Crippen molar-refractivity contribution in [2.45, 2.75) is 40.3 Å². The summed E-state index contributed by atoms with van der Waals surface area (Å²) < 4.78 is 3.25. The molecule has 0 saturated carbocycles. The lowest BCUT2D eigenvalue weighted by molar-refractivity contribution is 0.0949. The second-order valence-corrected chi connectivity index (χ2v) is 6.67. The zero-order valence-electron chi connectivity index (χ0n) is 14.3. The van der Waals surface area contributed by atoms with Gasteiger partial charge in [-0.05, 0) is 30.9 Å².